The number of rotatable bonds is 6. The van der Waals surface area contributed by atoms with Gasteiger partial charge < -0.3 is 26.0 Å². The van der Waals surface area contributed by atoms with E-state index in [-0.39, 0.29) is 5.82 Å². The zero-order chi connectivity index (χ0) is 19.9. The van der Waals surface area contributed by atoms with E-state index in [4.69, 9.17) is 10.5 Å². The molecule has 0 unspecified atom stereocenters. The first-order chi connectivity index (χ1) is 13.6. The molecule has 0 spiro atoms. The lowest BCUT2D eigenvalue weighted by Crippen LogP contribution is -2.43. The van der Waals surface area contributed by atoms with Crippen LogP contribution in [0.4, 0.5) is 23.3 Å². The Morgan fingerprint density at radius 3 is 2.75 bits per heavy atom. The quantitative estimate of drug-likeness (QED) is 0.504. The van der Waals surface area contributed by atoms with Gasteiger partial charge in [0, 0.05) is 44.0 Å². The molecule has 2 aromatic rings. The van der Waals surface area contributed by atoms with Crippen molar-refractivity contribution in [2.45, 2.75) is 13.8 Å². The monoisotopic (exact) mass is 383 g/mol. The van der Waals surface area contributed by atoms with Crippen molar-refractivity contribution in [3.63, 3.8) is 0 Å². The molecule has 2 aromatic heterocycles. The molecule has 0 saturated carbocycles. The minimum atomic E-state index is -0.421. The molecule has 1 aliphatic heterocycles. The summed E-state index contributed by atoms with van der Waals surface area (Å²) in [5.74, 6) is 0.820. The predicted octanol–water partition coefficient (Wildman–Crippen LogP) is 1.57. The topological polar surface area (TPSA) is 118 Å². The van der Waals surface area contributed by atoms with Crippen LogP contribution in [0.25, 0.3) is 5.57 Å². The Morgan fingerprint density at radius 2 is 2.11 bits per heavy atom. The zero-order valence-electron chi connectivity index (χ0n) is 16.1. The maximum absolute atomic E-state index is 11.6. The highest BCUT2D eigenvalue weighted by molar-refractivity contribution is 5.92. The number of ether oxygens (including phenoxy) is 1. The molecular formula is C19H25N7O2. The first-order valence-corrected chi connectivity index (χ1v) is 9.23. The SMILES string of the molecule is CCOC(=O)C=C(C)c1cnc(Nc2ccc(N3CCNCC3)cn2)nc1N. The maximum atomic E-state index is 11.6. The van der Waals surface area contributed by atoms with Gasteiger partial charge in [-0.1, -0.05) is 0 Å². The summed E-state index contributed by atoms with van der Waals surface area (Å²) in [6.07, 6.45) is 4.78. The average molecular weight is 383 g/mol. The van der Waals surface area contributed by atoms with Crippen molar-refractivity contribution in [2.24, 2.45) is 0 Å². The highest BCUT2D eigenvalue weighted by atomic mass is 16.5. The lowest BCUT2D eigenvalue weighted by molar-refractivity contribution is -0.137. The summed E-state index contributed by atoms with van der Waals surface area (Å²) in [6, 6.07) is 3.90. The summed E-state index contributed by atoms with van der Waals surface area (Å²) in [7, 11) is 0. The number of hydrogen-bond acceptors (Lipinski definition) is 9. The number of pyridine rings is 1. The normalized spacial score (nSPS) is 14.6. The highest BCUT2D eigenvalue weighted by Gasteiger charge is 2.12. The molecule has 28 heavy (non-hydrogen) atoms. The number of carbonyl (C=O) groups is 1. The van der Waals surface area contributed by atoms with Gasteiger partial charge >= 0.3 is 5.97 Å². The smallest absolute Gasteiger partial charge is 0.331 e. The van der Waals surface area contributed by atoms with Crippen molar-refractivity contribution in [1.29, 1.82) is 0 Å². The number of nitrogen functional groups attached to an aromatic ring is 1. The molecule has 1 fully saturated rings. The fourth-order valence-electron chi connectivity index (χ4n) is 2.88. The van der Waals surface area contributed by atoms with Crippen LogP contribution in [-0.2, 0) is 9.53 Å². The van der Waals surface area contributed by atoms with E-state index in [0.717, 1.165) is 31.9 Å². The van der Waals surface area contributed by atoms with E-state index in [1.54, 1.807) is 20.0 Å². The van der Waals surface area contributed by atoms with Crippen molar-refractivity contribution in [3.05, 3.63) is 36.2 Å². The standard InChI is InChI=1S/C19H25N7O2/c1-3-28-17(27)10-13(2)15-12-23-19(25-18(15)20)24-16-5-4-14(11-22-16)26-8-6-21-7-9-26/h4-5,10-12,21H,3,6-9H2,1-2H3,(H3,20,22,23,24,25). The van der Waals surface area contributed by atoms with Crippen molar-refractivity contribution >= 4 is 34.8 Å². The Bertz CT molecular complexity index is 846. The van der Waals surface area contributed by atoms with Gasteiger partial charge in [0.2, 0.25) is 5.95 Å². The highest BCUT2D eigenvalue weighted by Crippen LogP contribution is 2.22. The number of hydrogen-bond donors (Lipinski definition) is 3. The number of nitrogens with zero attached hydrogens (tertiary/aromatic N) is 4. The van der Waals surface area contributed by atoms with Crippen LogP contribution in [0.1, 0.15) is 19.4 Å². The van der Waals surface area contributed by atoms with Crippen LogP contribution < -0.4 is 21.3 Å². The second-order valence-corrected chi connectivity index (χ2v) is 6.34. The summed E-state index contributed by atoms with van der Waals surface area (Å²) < 4.78 is 4.91. The summed E-state index contributed by atoms with van der Waals surface area (Å²) in [5.41, 5.74) is 8.34. The Morgan fingerprint density at radius 1 is 1.32 bits per heavy atom. The van der Waals surface area contributed by atoms with Crippen LogP contribution in [0.3, 0.4) is 0 Å². The molecule has 0 aromatic carbocycles. The van der Waals surface area contributed by atoms with Crippen LogP contribution in [-0.4, -0.2) is 53.7 Å². The average Bonchev–Trinajstić information content (AvgIpc) is 2.69. The van der Waals surface area contributed by atoms with E-state index < -0.39 is 5.97 Å². The molecule has 1 aliphatic rings. The number of nitrogens with two attached hydrogens (primary N) is 1. The van der Waals surface area contributed by atoms with Gasteiger partial charge in [-0.2, -0.15) is 4.98 Å². The second-order valence-electron chi connectivity index (χ2n) is 6.34. The van der Waals surface area contributed by atoms with Gasteiger partial charge in [0.05, 0.1) is 18.5 Å². The van der Waals surface area contributed by atoms with Gasteiger partial charge in [-0.05, 0) is 31.6 Å². The minimum Gasteiger partial charge on any atom is -0.463 e. The van der Waals surface area contributed by atoms with E-state index in [9.17, 15) is 4.79 Å². The number of allylic oxidation sites excluding steroid dienone is 1. The van der Waals surface area contributed by atoms with E-state index in [1.807, 2.05) is 18.3 Å². The number of aromatic nitrogens is 3. The molecule has 1 saturated heterocycles. The van der Waals surface area contributed by atoms with E-state index in [0.29, 0.717) is 29.5 Å². The van der Waals surface area contributed by atoms with Crippen LogP contribution in [0, 0.1) is 0 Å². The molecule has 0 aliphatic carbocycles. The second kappa shape index (κ2) is 9.14. The van der Waals surface area contributed by atoms with E-state index >= 15 is 0 Å². The first kappa shape index (κ1) is 19.6. The molecule has 0 atom stereocenters. The maximum Gasteiger partial charge on any atom is 0.331 e. The van der Waals surface area contributed by atoms with E-state index in [1.165, 1.54) is 6.08 Å². The van der Waals surface area contributed by atoms with Crippen LogP contribution in [0.5, 0.6) is 0 Å². The molecule has 4 N–H and O–H groups in total. The first-order valence-electron chi connectivity index (χ1n) is 9.23. The third-order valence-electron chi connectivity index (χ3n) is 4.33. The molecule has 0 bridgehead atoms. The van der Waals surface area contributed by atoms with Crippen LogP contribution in [0.2, 0.25) is 0 Å². The summed E-state index contributed by atoms with van der Waals surface area (Å²) >= 11 is 0. The van der Waals surface area contributed by atoms with Crippen molar-refractivity contribution in [3.8, 4) is 0 Å². The van der Waals surface area contributed by atoms with Gasteiger partial charge in [0.25, 0.3) is 0 Å². The molecule has 3 heterocycles. The van der Waals surface area contributed by atoms with Crippen LogP contribution >= 0.6 is 0 Å². The Balaban J connectivity index is 1.68. The van der Waals surface area contributed by atoms with Crippen molar-refractivity contribution < 1.29 is 9.53 Å². The molecule has 9 nitrogen and oxygen atoms in total. The van der Waals surface area contributed by atoms with Gasteiger partial charge in [-0.25, -0.2) is 14.8 Å². The third-order valence-corrected chi connectivity index (χ3v) is 4.33. The summed E-state index contributed by atoms with van der Waals surface area (Å²) in [5, 5.41) is 6.38. The van der Waals surface area contributed by atoms with Gasteiger partial charge in [0.15, 0.2) is 0 Å². The predicted molar refractivity (Wildman–Crippen MR) is 109 cm³/mol. The molecular weight excluding hydrogens is 358 g/mol. The third kappa shape index (κ3) is 4.95. The molecule has 0 radical (unpaired) electrons. The fourth-order valence-corrected chi connectivity index (χ4v) is 2.88. The van der Waals surface area contributed by atoms with Gasteiger partial charge in [-0.15, -0.1) is 0 Å². The summed E-state index contributed by atoms with van der Waals surface area (Å²) in [6.45, 7) is 7.71. The lowest BCUT2D eigenvalue weighted by Gasteiger charge is -2.29. The van der Waals surface area contributed by atoms with Crippen molar-refractivity contribution in [1.82, 2.24) is 20.3 Å². The molecule has 0 amide bonds. The van der Waals surface area contributed by atoms with Gasteiger partial charge in [-0.3, -0.25) is 0 Å². The Kier molecular flexibility index (Phi) is 6.38. The minimum absolute atomic E-state index is 0.271. The zero-order valence-corrected chi connectivity index (χ0v) is 16.1. The fraction of sp³-hybridized carbons (Fsp3) is 0.368. The Labute approximate surface area is 164 Å². The molecule has 9 heteroatoms. The number of esters is 1. The molecule has 3 rings (SSSR count). The van der Waals surface area contributed by atoms with Gasteiger partial charge in [0.1, 0.15) is 11.6 Å². The van der Waals surface area contributed by atoms with Crippen LogP contribution in [0.15, 0.2) is 30.6 Å². The molecule has 148 valence electrons. The van der Waals surface area contributed by atoms with E-state index in [2.05, 4.69) is 30.5 Å². The number of nitrogens with one attached hydrogen (secondary N) is 2. The lowest BCUT2D eigenvalue weighted by atomic mass is 10.1. The van der Waals surface area contributed by atoms with Crippen molar-refractivity contribution in [2.75, 3.05) is 48.7 Å². The Hall–Kier alpha value is -3.20. The number of carbonyl (C=O) groups excluding carboxylic acids is 1. The number of piperazine rings is 1. The largest absolute Gasteiger partial charge is 0.463 e. The summed E-state index contributed by atoms with van der Waals surface area (Å²) in [4.78, 5) is 26.8. The number of anilines is 4.